The van der Waals surface area contributed by atoms with Gasteiger partial charge >= 0.3 is 0 Å². The standard InChI is InChI=1S/C15H24FN3/c1-11(17-2)14-9-12(16)5-6-15(14)19-8-7-13(10-19)18(3)4/h5-6,9,11,13,17H,7-8,10H2,1-4H3. The zero-order valence-corrected chi connectivity index (χ0v) is 12.3. The molecule has 0 spiro atoms. The van der Waals surface area contributed by atoms with Crippen LogP contribution in [0.5, 0.6) is 0 Å². The first kappa shape index (κ1) is 14.3. The van der Waals surface area contributed by atoms with Crippen LogP contribution in [0.15, 0.2) is 18.2 Å². The molecule has 19 heavy (non-hydrogen) atoms. The summed E-state index contributed by atoms with van der Waals surface area (Å²) in [6, 6.07) is 5.87. The molecule has 1 heterocycles. The monoisotopic (exact) mass is 265 g/mol. The van der Waals surface area contributed by atoms with Gasteiger partial charge in [-0.05, 0) is 58.3 Å². The molecule has 0 aromatic heterocycles. The van der Waals surface area contributed by atoms with E-state index in [1.165, 1.54) is 0 Å². The highest BCUT2D eigenvalue weighted by Crippen LogP contribution is 2.30. The highest BCUT2D eigenvalue weighted by atomic mass is 19.1. The third-order valence-corrected chi connectivity index (χ3v) is 4.12. The predicted molar refractivity (Wildman–Crippen MR) is 78.2 cm³/mol. The molecular weight excluding hydrogens is 241 g/mol. The number of halogens is 1. The van der Waals surface area contributed by atoms with Crippen molar-refractivity contribution in [2.24, 2.45) is 0 Å². The molecule has 1 saturated heterocycles. The summed E-state index contributed by atoms with van der Waals surface area (Å²) in [5.74, 6) is -0.163. The maximum absolute atomic E-state index is 13.5. The van der Waals surface area contributed by atoms with Crippen molar-refractivity contribution in [3.63, 3.8) is 0 Å². The lowest BCUT2D eigenvalue weighted by atomic mass is 10.1. The summed E-state index contributed by atoms with van der Waals surface area (Å²) < 4.78 is 13.5. The van der Waals surface area contributed by atoms with Crippen molar-refractivity contribution in [3.8, 4) is 0 Å². The Morgan fingerprint density at radius 3 is 2.74 bits per heavy atom. The van der Waals surface area contributed by atoms with Crippen molar-refractivity contribution >= 4 is 5.69 Å². The van der Waals surface area contributed by atoms with Gasteiger partial charge in [0.15, 0.2) is 0 Å². The quantitative estimate of drug-likeness (QED) is 0.901. The Balaban J connectivity index is 2.25. The minimum absolute atomic E-state index is 0.157. The maximum Gasteiger partial charge on any atom is 0.123 e. The van der Waals surface area contributed by atoms with Crippen molar-refractivity contribution in [3.05, 3.63) is 29.6 Å². The van der Waals surface area contributed by atoms with Crippen molar-refractivity contribution in [2.45, 2.75) is 25.4 Å². The second kappa shape index (κ2) is 5.88. The highest BCUT2D eigenvalue weighted by Gasteiger charge is 2.26. The SMILES string of the molecule is CNC(C)c1cc(F)ccc1N1CCC(N(C)C)C1. The summed E-state index contributed by atoms with van der Waals surface area (Å²) >= 11 is 0. The van der Waals surface area contributed by atoms with Crippen molar-refractivity contribution in [1.29, 1.82) is 0 Å². The van der Waals surface area contributed by atoms with Crippen LogP contribution < -0.4 is 10.2 Å². The highest BCUT2D eigenvalue weighted by molar-refractivity contribution is 5.56. The summed E-state index contributed by atoms with van der Waals surface area (Å²) in [5.41, 5.74) is 2.20. The van der Waals surface area contributed by atoms with E-state index in [2.05, 4.69) is 36.1 Å². The van der Waals surface area contributed by atoms with Crippen LogP contribution in [0, 0.1) is 5.82 Å². The van der Waals surface area contributed by atoms with Crippen LogP contribution in [0.1, 0.15) is 24.9 Å². The summed E-state index contributed by atoms with van der Waals surface area (Å²) in [6.45, 7) is 4.12. The molecule has 106 valence electrons. The molecule has 1 fully saturated rings. The molecule has 1 aliphatic heterocycles. The Hall–Kier alpha value is -1.13. The molecular formula is C15H24FN3. The molecule has 0 bridgehead atoms. The number of rotatable bonds is 4. The third-order valence-electron chi connectivity index (χ3n) is 4.12. The van der Waals surface area contributed by atoms with Crippen LogP contribution in [0.3, 0.4) is 0 Å². The molecule has 0 saturated carbocycles. The lowest BCUT2D eigenvalue weighted by Gasteiger charge is -2.26. The fraction of sp³-hybridized carbons (Fsp3) is 0.600. The summed E-state index contributed by atoms with van der Waals surface area (Å²) in [4.78, 5) is 4.64. The third kappa shape index (κ3) is 3.07. The van der Waals surface area contributed by atoms with E-state index >= 15 is 0 Å². The van der Waals surface area contributed by atoms with E-state index in [1.807, 2.05) is 13.1 Å². The van der Waals surface area contributed by atoms with Crippen molar-refractivity contribution < 1.29 is 4.39 Å². The van der Waals surface area contributed by atoms with Gasteiger partial charge in [-0.25, -0.2) is 4.39 Å². The minimum Gasteiger partial charge on any atom is -0.370 e. The van der Waals surface area contributed by atoms with Gasteiger partial charge in [-0.3, -0.25) is 0 Å². The fourth-order valence-corrected chi connectivity index (χ4v) is 2.70. The Bertz CT molecular complexity index is 433. The van der Waals surface area contributed by atoms with E-state index in [-0.39, 0.29) is 11.9 Å². The molecule has 2 unspecified atom stereocenters. The fourth-order valence-electron chi connectivity index (χ4n) is 2.70. The normalized spacial score (nSPS) is 21.2. The maximum atomic E-state index is 13.5. The van der Waals surface area contributed by atoms with Gasteiger partial charge in [0.1, 0.15) is 5.82 Å². The predicted octanol–water partition coefficient (Wildman–Crippen LogP) is 2.25. The van der Waals surface area contributed by atoms with Gasteiger partial charge in [0.2, 0.25) is 0 Å². The van der Waals surface area contributed by atoms with Crippen LogP contribution in [-0.4, -0.2) is 45.2 Å². The van der Waals surface area contributed by atoms with Gasteiger partial charge in [0.05, 0.1) is 0 Å². The molecule has 0 aliphatic carbocycles. The smallest absolute Gasteiger partial charge is 0.123 e. The van der Waals surface area contributed by atoms with Crippen LogP contribution in [0.25, 0.3) is 0 Å². The average molecular weight is 265 g/mol. The van der Waals surface area contributed by atoms with Gasteiger partial charge in [0.25, 0.3) is 0 Å². The van der Waals surface area contributed by atoms with Crippen LogP contribution in [0.2, 0.25) is 0 Å². The Morgan fingerprint density at radius 2 is 2.16 bits per heavy atom. The summed E-state index contributed by atoms with van der Waals surface area (Å²) in [6.07, 6.45) is 1.16. The molecule has 1 N–H and O–H groups in total. The average Bonchev–Trinajstić information content (AvgIpc) is 2.87. The molecule has 1 aliphatic rings. The first-order chi connectivity index (χ1) is 9.02. The number of hydrogen-bond acceptors (Lipinski definition) is 3. The van der Waals surface area contributed by atoms with E-state index in [4.69, 9.17) is 0 Å². The van der Waals surface area contributed by atoms with E-state index in [0.29, 0.717) is 6.04 Å². The zero-order chi connectivity index (χ0) is 14.0. The van der Waals surface area contributed by atoms with Gasteiger partial charge in [-0.1, -0.05) is 0 Å². The van der Waals surface area contributed by atoms with E-state index in [1.54, 1.807) is 12.1 Å². The van der Waals surface area contributed by atoms with Crippen LogP contribution in [0.4, 0.5) is 10.1 Å². The number of likely N-dealkylation sites (N-methyl/N-ethyl adjacent to an activating group) is 1. The second-order valence-electron chi connectivity index (χ2n) is 5.57. The first-order valence-corrected chi connectivity index (χ1v) is 6.91. The summed E-state index contributed by atoms with van der Waals surface area (Å²) in [7, 11) is 6.15. The number of nitrogens with one attached hydrogen (secondary N) is 1. The lowest BCUT2D eigenvalue weighted by Crippen LogP contribution is -2.32. The molecule has 0 radical (unpaired) electrons. The van der Waals surface area contributed by atoms with Gasteiger partial charge in [-0.2, -0.15) is 0 Å². The molecule has 1 aromatic carbocycles. The largest absolute Gasteiger partial charge is 0.370 e. The van der Waals surface area contributed by atoms with E-state index in [9.17, 15) is 4.39 Å². The van der Waals surface area contributed by atoms with Gasteiger partial charge in [0, 0.05) is 30.9 Å². The van der Waals surface area contributed by atoms with Gasteiger partial charge < -0.3 is 15.1 Å². The van der Waals surface area contributed by atoms with Crippen LogP contribution in [-0.2, 0) is 0 Å². The molecule has 0 amide bonds. The first-order valence-electron chi connectivity index (χ1n) is 6.91. The Kier molecular flexibility index (Phi) is 4.42. The number of hydrogen-bond donors (Lipinski definition) is 1. The van der Waals surface area contributed by atoms with Gasteiger partial charge in [-0.15, -0.1) is 0 Å². The van der Waals surface area contributed by atoms with Crippen LogP contribution >= 0.6 is 0 Å². The number of benzene rings is 1. The number of nitrogens with zero attached hydrogens (tertiary/aromatic N) is 2. The number of anilines is 1. The molecule has 2 rings (SSSR count). The molecule has 3 nitrogen and oxygen atoms in total. The topological polar surface area (TPSA) is 18.5 Å². The van der Waals surface area contributed by atoms with E-state index < -0.39 is 0 Å². The minimum atomic E-state index is -0.163. The lowest BCUT2D eigenvalue weighted by molar-refractivity contribution is 0.315. The molecule has 4 heteroatoms. The zero-order valence-electron chi connectivity index (χ0n) is 12.3. The summed E-state index contributed by atoms with van der Waals surface area (Å²) in [5, 5.41) is 3.20. The van der Waals surface area contributed by atoms with Crippen molar-refractivity contribution in [2.75, 3.05) is 39.1 Å². The Morgan fingerprint density at radius 1 is 1.42 bits per heavy atom. The second-order valence-corrected chi connectivity index (χ2v) is 5.57. The van der Waals surface area contributed by atoms with E-state index in [0.717, 1.165) is 30.8 Å². The van der Waals surface area contributed by atoms with Crippen molar-refractivity contribution in [1.82, 2.24) is 10.2 Å². The molecule has 2 atom stereocenters. The molecule has 1 aromatic rings. The Labute approximate surface area is 115 Å².